The summed E-state index contributed by atoms with van der Waals surface area (Å²) in [4.78, 5) is 11.3. The van der Waals surface area contributed by atoms with Gasteiger partial charge in [0.05, 0.1) is 6.42 Å². The molecule has 27 heavy (non-hydrogen) atoms. The normalized spacial score (nSPS) is 11.9. The molecule has 0 aliphatic heterocycles. The first-order valence-electron chi connectivity index (χ1n) is 8.90. The summed E-state index contributed by atoms with van der Waals surface area (Å²) in [7, 11) is 0. The van der Waals surface area contributed by atoms with Crippen LogP contribution in [0.5, 0.6) is 0 Å². The number of fused-ring (bicyclic) bond motifs is 1. The molecule has 1 aromatic heterocycles. The third-order valence-electron chi connectivity index (χ3n) is 4.96. The Morgan fingerprint density at radius 3 is 2.33 bits per heavy atom. The van der Waals surface area contributed by atoms with Crippen LogP contribution in [-0.2, 0) is 17.8 Å². The number of benzene rings is 2. The Bertz CT molecular complexity index is 988. The van der Waals surface area contributed by atoms with E-state index < -0.39 is 5.97 Å². The van der Waals surface area contributed by atoms with Gasteiger partial charge >= 0.3 is 5.97 Å². The molecule has 0 unspecified atom stereocenters. The maximum Gasteiger partial charge on any atom is 0.303 e. The molecule has 0 amide bonds. The number of hydrogen-bond donors (Lipinski definition) is 1. The highest BCUT2D eigenvalue weighted by molar-refractivity contribution is 9.10. The molecule has 0 spiro atoms. The van der Waals surface area contributed by atoms with Crippen molar-refractivity contribution in [1.29, 1.82) is 0 Å². The lowest BCUT2D eigenvalue weighted by Crippen LogP contribution is -2.20. The van der Waals surface area contributed by atoms with Crippen molar-refractivity contribution < 1.29 is 9.90 Å². The molecular weight excluding hydrogens is 470 g/mol. The summed E-state index contributed by atoms with van der Waals surface area (Å²) >= 11 is 7.08. The number of carboxylic acid groups (broad SMARTS) is 1. The number of nitrogens with zero attached hydrogens (tertiary/aromatic N) is 1. The van der Waals surface area contributed by atoms with Crippen LogP contribution in [0.3, 0.4) is 0 Å². The second-order valence-electron chi connectivity index (χ2n) is 7.85. The van der Waals surface area contributed by atoms with Crippen LogP contribution in [0.2, 0.25) is 0 Å². The number of carbonyl (C=O) groups is 1. The van der Waals surface area contributed by atoms with E-state index in [2.05, 4.69) is 85.8 Å². The Morgan fingerprint density at radius 2 is 1.70 bits per heavy atom. The minimum atomic E-state index is -0.752. The van der Waals surface area contributed by atoms with E-state index in [0.717, 1.165) is 21.9 Å². The van der Waals surface area contributed by atoms with Gasteiger partial charge < -0.3 is 9.67 Å². The van der Waals surface area contributed by atoms with Crippen molar-refractivity contribution in [2.45, 2.75) is 40.2 Å². The fourth-order valence-corrected chi connectivity index (χ4v) is 4.30. The van der Waals surface area contributed by atoms with Gasteiger partial charge in [0.1, 0.15) is 0 Å². The van der Waals surface area contributed by atoms with Gasteiger partial charge in [-0.3, -0.25) is 4.79 Å². The maximum absolute atomic E-state index is 11.3. The second-order valence-corrected chi connectivity index (χ2v) is 9.68. The summed E-state index contributed by atoms with van der Waals surface area (Å²) in [5, 5.41) is 10.5. The van der Waals surface area contributed by atoms with Crippen molar-refractivity contribution >= 4 is 48.7 Å². The first-order chi connectivity index (χ1) is 12.7. The van der Waals surface area contributed by atoms with E-state index in [9.17, 15) is 9.90 Å². The van der Waals surface area contributed by atoms with Crippen molar-refractivity contribution in [3.05, 3.63) is 68.2 Å². The highest BCUT2D eigenvalue weighted by Crippen LogP contribution is 2.35. The SMILES string of the molecule is Cc1c(CC(C)(C)CC(=O)O)c2cc(Br)ccc2n1Cc1ccc(Br)cc1. The second kappa shape index (κ2) is 7.80. The predicted octanol–water partition coefficient (Wildman–Crippen LogP) is 6.57. The fraction of sp³-hybridized carbons (Fsp3) is 0.318. The lowest BCUT2D eigenvalue weighted by Gasteiger charge is -2.23. The van der Waals surface area contributed by atoms with E-state index in [4.69, 9.17) is 0 Å². The number of aromatic nitrogens is 1. The molecule has 5 heteroatoms. The summed E-state index contributed by atoms with van der Waals surface area (Å²) in [5.41, 5.74) is 4.53. The standard InChI is InChI=1S/C22H23Br2NO2/c1-14-19(11-22(2,3)12-21(26)27)18-10-17(24)8-9-20(18)25(14)13-15-4-6-16(23)7-5-15/h4-10H,11-13H2,1-3H3,(H,26,27). The highest BCUT2D eigenvalue weighted by Gasteiger charge is 2.26. The number of hydrogen-bond acceptors (Lipinski definition) is 1. The van der Waals surface area contributed by atoms with Gasteiger partial charge in [0.25, 0.3) is 0 Å². The van der Waals surface area contributed by atoms with Crippen LogP contribution in [0.1, 0.15) is 37.1 Å². The molecule has 0 aliphatic rings. The number of aliphatic carboxylic acids is 1. The van der Waals surface area contributed by atoms with E-state index >= 15 is 0 Å². The molecule has 1 N–H and O–H groups in total. The Labute approximate surface area is 176 Å². The van der Waals surface area contributed by atoms with Gasteiger partial charge in [-0.15, -0.1) is 0 Å². The molecule has 0 radical (unpaired) electrons. The minimum Gasteiger partial charge on any atom is -0.481 e. The van der Waals surface area contributed by atoms with Crippen LogP contribution in [0, 0.1) is 12.3 Å². The van der Waals surface area contributed by atoms with Crippen molar-refractivity contribution in [1.82, 2.24) is 4.57 Å². The minimum absolute atomic E-state index is 0.153. The van der Waals surface area contributed by atoms with Gasteiger partial charge in [0, 0.05) is 32.1 Å². The van der Waals surface area contributed by atoms with Crippen LogP contribution >= 0.6 is 31.9 Å². The number of rotatable bonds is 6. The zero-order valence-corrected chi connectivity index (χ0v) is 18.9. The molecule has 0 saturated carbocycles. The lowest BCUT2D eigenvalue weighted by molar-refractivity contribution is -0.139. The lowest BCUT2D eigenvalue weighted by atomic mass is 9.82. The summed E-state index contributed by atoms with van der Waals surface area (Å²) in [6.07, 6.45) is 0.880. The first kappa shape index (κ1) is 20.2. The van der Waals surface area contributed by atoms with Gasteiger partial charge in [0.2, 0.25) is 0 Å². The molecule has 0 bridgehead atoms. The Kier molecular flexibility index (Phi) is 5.82. The highest BCUT2D eigenvalue weighted by atomic mass is 79.9. The third kappa shape index (κ3) is 4.64. The quantitative estimate of drug-likeness (QED) is 0.423. The topological polar surface area (TPSA) is 42.2 Å². The van der Waals surface area contributed by atoms with Gasteiger partial charge in [-0.25, -0.2) is 0 Å². The molecule has 0 aliphatic carbocycles. The Morgan fingerprint density at radius 1 is 1.07 bits per heavy atom. The molecule has 0 fully saturated rings. The van der Waals surface area contributed by atoms with Crippen LogP contribution in [0.4, 0.5) is 0 Å². The van der Waals surface area contributed by atoms with Crippen LogP contribution in [0.25, 0.3) is 10.9 Å². The summed E-state index contributed by atoms with van der Waals surface area (Å²) in [5.74, 6) is -0.752. The maximum atomic E-state index is 11.3. The summed E-state index contributed by atoms with van der Waals surface area (Å²) in [6.45, 7) is 6.97. The van der Waals surface area contributed by atoms with Gasteiger partial charge in [0.15, 0.2) is 0 Å². The van der Waals surface area contributed by atoms with Gasteiger partial charge in [-0.1, -0.05) is 57.8 Å². The zero-order valence-electron chi connectivity index (χ0n) is 15.7. The smallest absolute Gasteiger partial charge is 0.303 e. The van der Waals surface area contributed by atoms with E-state index in [1.807, 2.05) is 13.8 Å². The number of halogens is 2. The van der Waals surface area contributed by atoms with Crippen molar-refractivity contribution in [3.8, 4) is 0 Å². The molecule has 3 aromatic rings. The van der Waals surface area contributed by atoms with E-state index in [1.54, 1.807) is 0 Å². The number of carboxylic acids is 1. The average molecular weight is 493 g/mol. The van der Waals surface area contributed by atoms with E-state index in [-0.39, 0.29) is 11.8 Å². The van der Waals surface area contributed by atoms with Crippen LogP contribution in [-0.4, -0.2) is 15.6 Å². The summed E-state index contributed by atoms with van der Waals surface area (Å²) < 4.78 is 4.44. The Balaban J connectivity index is 2.08. The van der Waals surface area contributed by atoms with Crippen LogP contribution < -0.4 is 0 Å². The average Bonchev–Trinajstić information content (AvgIpc) is 2.80. The predicted molar refractivity (Wildman–Crippen MR) is 117 cm³/mol. The Hall–Kier alpha value is -1.59. The third-order valence-corrected chi connectivity index (χ3v) is 5.98. The van der Waals surface area contributed by atoms with Crippen molar-refractivity contribution in [2.75, 3.05) is 0 Å². The molecule has 3 nitrogen and oxygen atoms in total. The van der Waals surface area contributed by atoms with Crippen LogP contribution in [0.15, 0.2) is 51.4 Å². The summed E-state index contributed by atoms with van der Waals surface area (Å²) in [6, 6.07) is 14.7. The molecule has 3 rings (SSSR count). The van der Waals surface area contributed by atoms with E-state index in [0.29, 0.717) is 0 Å². The van der Waals surface area contributed by atoms with Gasteiger partial charge in [-0.2, -0.15) is 0 Å². The zero-order chi connectivity index (χ0) is 19.8. The molecule has 1 heterocycles. The molecule has 142 valence electrons. The van der Waals surface area contributed by atoms with Crippen molar-refractivity contribution in [3.63, 3.8) is 0 Å². The molecule has 0 saturated heterocycles. The fourth-order valence-electron chi connectivity index (χ4n) is 3.67. The van der Waals surface area contributed by atoms with E-state index in [1.165, 1.54) is 27.7 Å². The molecular formula is C22H23Br2NO2. The monoisotopic (exact) mass is 491 g/mol. The van der Waals surface area contributed by atoms with Crippen molar-refractivity contribution in [2.24, 2.45) is 5.41 Å². The molecule has 0 atom stereocenters. The first-order valence-corrected chi connectivity index (χ1v) is 10.5. The largest absolute Gasteiger partial charge is 0.481 e. The van der Waals surface area contributed by atoms with Gasteiger partial charge in [-0.05, 0) is 60.2 Å². The molecule has 2 aromatic carbocycles.